The lowest BCUT2D eigenvalue weighted by Gasteiger charge is -2.36. The fourth-order valence-corrected chi connectivity index (χ4v) is 3.86. The molecule has 0 radical (unpaired) electrons. The van der Waals surface area contributed by atoms with Crippen LogP contribution in [0.1, 0.15) is 29.0 Å². The maximum Gasteiger partial charge on any atom is 0.289 e. The second-order valence-electron chi connectivity index (χ2n) is 7.76. The van der Waals surface area contributed by atoms with Crippen molar-refractivity contribution in [2.24, 2.45) is 15.9 Å². The molecule has 1 N–H and O–H groups in total. The summed E-state index contributed by atoms with van der Waals surface area (Å²) < 4.78 is 14.1. The Hall–Kier alpha value is -3.10. The van der Waals surface area contributed by atoms with E-state index >= 15 is 0 Å². The molecule has 5 rings (SSSR count). The highest BCUT2D eigenvalue weighted by Gasteiger charge is 2.40. The van der Waals surface area contributed by atoms with E-state index in [1.54, 1.807) is 11.0 Å². The average Bonchev–Trinajstić information content (AvgIpc) is 3.49. The number of benzene rings is 1. The van der Waals surface area contributed by atoms with Crippen molar-refractivity contribution in [3.8, 4) is 0 Å². The smallest absolute Gasteiger partial charge is 0.289 e. The molecule has 3 aliphatic rings. The quantitative estimate of drug-likeness (QED) is 0.836. The SMILES string of the molecule is Cc1nc2ccc(C(=O)N3CCN(C4=NC(=O)C(F)C(C5CC5)=N4)CC3)cc2[nH]1. The van der Waals surface area contributed by atoms with Gasteiger partial charge in [0.1, 0.15) is 5.82 Å². The summed E-state index contributed by atoms with van der Waals surface area (Å²) in [6.07, 6.45) is 0.0556. The molecule has 2 aliphatic heterocycles. The number of H-pyrrole nitrogens is 1. The molecular formula is C20H21FN6O2. The van der Waals surface area contributed by atoms with Crippen LogP contribution in [0.5, 0.6) is 0 Å². The Bertz CT molecular complexity index is 1060. The number of aliphatic imine (C=N–C) groups is 2. The number of halogens is 1. The van der Waals surface area contributed by atoms with Crippen LogP contribution in [0.2, 0.25) is 0 Å². The molecule has 0 bridgehead atoms. The van der Waals surface area contributed by atoms with Gasteiger partial charge in [-0.2, -0.15) is 4.99 Å². The zero-order valence-electron chi connectivity index (χ0n) is 16.1. The van der Waals surface area contributed by atoms with E-state index in [0.717, 1.165) is 29.7 Å². The molecule has 1 aromatic heterocycles. The number of alkyl halides is 1. The van der Waals surface area contributed by atoms with Crippen LogP contribution in [0.25, 0.3) is 11.0 Å². The summed E-state index contributed by atoms with van der Waals surface area (Å²) >= 11 is 0. The molecular weight excluding hydrogens is 375 g/mol. The van der Waals surface area contributed by atoms with Gasteiger partial charge in [-0.05, 0) is 38.0 Å². The monoisotopic (exact) mass is 396 g/mol. The molecule has 2 fully saturated rings. The normalized spacial score (nSPS) is 22.7. The second kappa shape index (κ2) is 6.75. The third kappa shape index (κ3) is 3.30. The third-order valence-corrected chi connectivity index (χ3v) is 5.61. The van der Waals surface area contributed by atoms with Crippen molar-refractivity contribution in [1.29, 1.82) is 0 Å². The average molecular weight is 396 g/mol. The van der Waals surface area contributed by atoms with Gasteiger partial charge in [-0.3, -0.25) is 9.59 Å². The fourth-order valence-electron chi connectivity index (χ4n) is 3.86. The number of nitrogens with zero attached hydrogens (tertiary/aromatic N) is 5. The van der Waals surface area contributed by atoms with E-state index in [0.29, 0.717) is 37.5 Å². The highest BCUT2D eigenvalue weighted by atomic mass is 19.1. The maximum absolute atomic E-state index is 14.1. The van der Waals surface area contributed by atoms with Crippen molar-refractivity contribution in [2.75, 3.05) is 26.2 Å². The van der Waals surface area contributed by atoms with Gasteiger partial charge in [0.05, 0.1) is 16.7 Å². The number of aryl methyl sites for hydroxylation is 1. The first-order chi connectivity index (χ1) is 14.0. The summed E-state index contributed by atoms with van der Waals surface area (Å²) in [5.74, 6) is 0.350. The number of imidazole rings is 1. The van der Waals surface area contributed by atoms with Gasteiger partial charge in [0.15, 0.2) is 0 Å². The topological polar surface area (TPSA) is 94.0 Å². The summed E-state index contributed by atoms with van der Waals surface area (Å²) in [7, 11) is 0. The van der Waals surface area contributed by atoms with Gasteiger partial charge >= 0.3 is 0 Å². The Labute approximate surface area is 166 Å². The Morgan fingerprint density at radius 3 is 2.66 bits per heavy atom. The number of guanidine groups is 1. The summed E-state index contributed by atoms with van der Waals surface area (Å²) in [5, 5.41) is 0. The minimum atomic E-state index is -1.70. The van der Waals surface area contributed by atoms with Crippen LogP contribution in [0, 0.1) is 12.8 Å². The van der Waals surface area contributed by atoms with Gasteiger partial charge in [0.25, 0.3) is 11.8 Å². The van der Waals surface area contributed by atoms with E-state index in [9.17, 15) is 14.0 Å². The predicted molar refractivity (Wildman–Crippen MR) is 106 cm³/mol. The number of carbonyl (C=O) groups is 2. The molecule has 9 heteroatoms. The highest BCUT2D eigenvalue weighted by Crippen LogP contribution is 2.34. The number of aromatic nitrogens is 2. The molecule has 8 nitrogen and oxygen atoms in total. The molecule has 1 aromatic carbocycles. The number of amides is 2. The Balaban J connectivity index is 1.28. The van der Waals surface area contributed by atoms with Crippen LogP contribution in [0.15, 0.2) is 28.2 Å². The zero-order chi connectivity index (χ0) is 20.1. The van der Waals surface area contributed by atoms with Gasteiger partial charge in [-0.15, -0.1) is 0 Å². The van der Waals surface area contributed by atoms with Crippen LogP contribution in [-0.2, 0) is 4.79 Å². The molecule has 1 aliphatic carbocycles. The number of hydrogen-bond donors (Lipinski definition) is 1. The number of rotatable bonds is 2. The number of piperazine rings is 1. The molecule has 0 spiro atoms. The largest absolute Gasteiger partial charge is 0.342 e. The summed E-state index contributed by atoms with van der Waals surface area (Å²) in [6.45, 7) is 3.85. The fraction of sp³-hybridized carbons (Fsp3) is 0.450. The van der Waals surface area contributed by atoms with Gasteiger partial charge in [0.2, 0.25) is 12.1 Å². The Kier molecular flexibility index (Phi) is 4.18. The maximum atomic E-state index is 14.1. The lowest BCUT2D eigenvalue weighted by molar-refractivity contribution is -0.120. The molecule has 1 saturated carbocycles. The van der Waals surface area contributed by atoms with Crippen molar-refractivity contribution >= 4 is 34.5 Å². The molecule has 29 heavy (non-hydrogen) atoms. The second-order valence-corrected chi connectivity index (χ2v) is 7.76. The number of hydrogen-bond acceptors (Lipinski definition) is 5. The number of carbonyl (C=O) groups excluding carboxylic acids is 2. The summed E-state index contributed by atoms with van der Waals surface area (Å²) in [5.41, 5.74) is 2.60. The van der Waals surface area contributed by atoms with E-state index in [-0.39, 0.29) is 17.8 Å². The first-order valence-electron chi connectivity index (χ1n) is 9.85. The molecule has 2 aromatic rings. The van der Waals surface area contributed by atoms with Gasteiger partial charge < -0.3 is 14.8 Å². The highest BCUT2D eigenvalue weighted by molar-refractivity contribution is 6.18. The first kappa shape index (κ1) is 18.0. The van der Waals surface area contributed by atoms with Crippen molar-refractivity contribution in [2.45, 2.75) is 25.9 Å². The van der Waals surface area contributed by atoms with Crippen molar-refractivity contribution < 1.29 is 14.0 Å². The third-order valence-electron chi connectivity index (χ3n) is 5.61. The predicted octanol–water partition coefficient (Wildman–Crippen LogP) is 1.71. The summed E-state index contributed by atoms with van der Waals surface area (Å²) in [6, 6.07) is 5.45. The lowest BCUT2D eigenvalue weighted by Crippen LogP contribution is -2.51. The van der Waals surface area contributed by atoms with E-state index in [1.807, 2.05) is 24.0 Å². The number of aromatic amines is 1. The van der Waals surface area contributed by atoms with Crippen LogP contribution in [0.4, 0.5) is 4.39 Å². The lowest BCUT2D eigenvalue weighted by atomic mass is 10.1. The van der Waals surface area contributed by atoms with E-state index in [4.69, 9.17) is 0 Å². The van der Waals surface area contributed by atoms with Crippen molar-refractivity contribution in [3.63, 3.8) is 0 Å². The Morgan fingerprint density at radius 1 is 1.17 bits per heavy atom. The minimum Gasteiger partial charge on any atom is -0.342 e. The van der Waals surface area contributed by atoms with Crippen molar-refractivity contribution in [1.82, 2.24) is 19.8 Å². The molecule has 1 saturated heterocycles. The first-order valence-corrected chi connectivity index (χ1v) is 9.85. The molecule has 3 heterocycles. The molecule has 2 amide bonds. The standard InChI is InChI=1S/C20H21FN6O2/c1-11-22-14-5-4-13(10-15(14)23-11)19(29)26-6-8-27(9-7-26)20-24-17(12-2-3-12)16(21)18(28)25-20/h4-5,10,12,16H,2-3,6-9H2,1H3,(H,22,23). The van der Waals surface area contributed by atoms with E-state index in [1.165, 1.54) is 0 Å². The van der Waals surface area contributed by atoms with Crippen LogP contribution >= 0.6 is 0 Å². The van der Waals surface area contributed by atoms with E-state index in [2.05, 4.69) is 20.0 Å². The van der Waals surface area contributed by atoms with Crippen LogP contribution in [0.3, 0.4) is 0 Å². The molecule has 150 valence electrons. The Morgan fingerprint density at radius 2 is 1.93 bits per heavy atom. The van der Waals surface area contributed by atoms with Gasteiger partial charge in [-0.25, -0.2) is 14.4 Å². The van der Waals surface area contributed by atoms with Gasteiger partial charge in [-0.1, -0.05) is 0 Å². The van der Waals surface area contributed by atoms with E-state index < -0.39 is 12.1 Å². The minimum absolute atomic E-state index is 0.0496. The van der Waals surface area contributed by atoms with Gasteiger partial charge in [0, 0.05) is 37.7 Å². The zero-order valence-corrected chi connectivity index (χ0v) is 16.1. The molecule has 1 unspecified atom stereocenters. The number of nitrogens with one attached hydrogen (secondary N) is 1. The van der Waals surface area contributed by atoms with Crippen LogP contribution < -0.4 is 0 Å². The molecule has 1 atom stereocenters. The number of fused-ring (bicyclic) bond motifs is 1. The summed E-state index contributed by atoms with van der Waals surface area (Å²) in [4.78, 5) is 44.1. The van der Waals surface area contributed by atoms with Crippen LogP contribution in [-0.4, -0.2) is 75.6 Å². The van der Waals surface area contributed by atoms with Crippen molar-refractivity contribution in [3.05, 3.63) is 29.6 Å².